The summed E-state index contributed by atoms with van der Waals surface area (Å²) < 4.78 is 16.2. The third-order valence-electron chi connectivity index (χ3n) is 4.15. The van der Waals surface area contributed by atoms with Crippen LogP contribution in [0.5, 0.6) is 17.2 Å². The monoisotopic (exact) mass is 369 g/mol. The summed E-state index contributed by atoms with van der Waals surface area (Å²) in [6.45, 7) is 4.41. The quantitative estimate of drug-likeness (QED) is 0.392. The molecule has 0 spiro atoms. The number of hydrogen-bond donors (Lipinski definition) is 1. The van der Waals surface area contributed by atoms with Crippen molar-refractivity contribution in [3.63, 3.8) is 0 Å². The van der Waals surface area contributed by atoms with E-state index in [-0.39, 0.29) is 5.78 Å². The molecule has 2 aromatic carbocycles. The van der Waals surface area contributed by atoms with Gasteiger partial charge in [-0.1, -0.05) is 13.3 Å². The van der Waals surface area contributed by atoms with Gasteiger partial charge >= 0.3 is 0 Å². The molecule has 2 rings (SSSR count). The number of carbonyl (C=O) groups excluding carboxylic acids is 1. The molecule has 0 radical (unpaired) electrons. The first kappa shape index (κ1) is 20.4. The largest absolute Gasteiger partial charge is 0.497 e. The van der Waals surface area contributed by atoms with Crippen molar-refractivity contribution in [1.82, 2.24) is 0 Å². The number of carbonyl (C=O) groups is 1. The molecule has 0 aromatic heterocycles. The number of nitrogens with two attached hydrogens (primary N) is 1. The number of methoxy groups -OCH3 is 2. The van der Waals surface area contributed by atoms with Crippen LogP contribution in [0.1, 0.15) is 42.6 Å². The van der Waals surface area contributed by atoms with Crippen molar-refractivity contribution in [2.45, 2.75) is 26.7 Å². The number of ketones is 1. The number of hydrogen-bond acceptors (Lipinski definition) is 5. The lowest BCUT2D eigenvalue weighted by Crippen LogP contribution is -2.06. The van der Waals surface area contributed by atoms with Gasteiger partial charge in [-0.2, -0.15) is 0 Å². The van der Waals surface area contributed by atoms with Crippen LogP contribution in [0.15, 0.2) is 42.0 Å². The van der Waals surface area contributed by atoms with Gasteiger partial charge in [0.2, 0.25) is 0 Å². The topological polar surface area (TPSA) is 70.8 Å². The van der Waals surface area contributed by atoms with Gasteiger partial charge in [-0.15, -0.1) is 0 Å². The lowest BCUT2D eigenvalue weighted by atomic mass is 9.96. The molecule has 0 bridgehead atoms. The maximum atomic E-state index is 13.1. The molecule has 2 N–H and O–H groups in total. The summed E-state index contributed by atoms with van der Waals surface area (Å²) in [7, 11) is 3.21. The second-order valence-corrected chi connectivity index (χ2v) is 6.04. The van der Waals surface area contributed by atoms with E-state index in [2.05, 4.69) is 0 Å². The maximum Gasteiger partial charge on any atom is 0.189 e. The molecule has 0 aliphatic heterocycles. The highest BCUT2D eigenvalue weighted by molar-refractivity contribution is 6.11. The number of anilines is 1. The van der Waals surface area contributed by atoms with Crippen molar-refractivity contribution in [3.05, 3.63) is 53.1 Å². The lowest BCUT2D eigenvalue weighted by Gasteiger charge is -2.12. The number of allylic oxidation sites excluding steroid dienone is 1. The fourth-order valence-electron chi connectivity index (χ4n) is 2.80. The summed E-state index contributed by atoms with van der Waals surface area (Å²) in [5.74, 6) is 1.86. The molecule has 5 nitrogen and oxygen atoms in total. The first-order chi connectivity index (χ1) is 13.0. The molecule has 0 atom stereocenters. The first-order valence-corrected chi connectivity index (χ1v) is 9.03. The second-order valence-electron chi connectivity index (χ2n) is 6.04. The second kappa shape index (κ2) is 9.67. The molecule has 0 aliphatic carbocycles. The Kier molecular flexibility index (Phi) is 7.29. The van der Waals surface area contributed by atoms with Crippen LogP contribution in [0.25, 0.3) is 6.08 Å². The first-order valence-electron chi connectivity index (χ1n) is 9.03. The Morgan fingerprint density at radius 1 is 1.04 bits per heavy atom. The lowest BCUT2D eigenvalue weighted by molar-refractivity contribution is 0.103. The fourth-order valence-corrected chi connectivity index (χ4v) is 2.80. The van der Waals surface area contributed by atoms with Crippen LogP contribution in [-0.4, -0.2) is 26.6 Å². The summed E-state index contributed by atoms with van der Waals surface area (Å²) in [6.07, 6.45) is 3.36. The van der Waals surface area contributed by atoms with E-state index in [1.54, 1.807) is 32.4 Å². The highest BCUT2D eigenvalue weighted by Crippen LogP contribution is 2.29. The van der Waals surface area contributed by atoms with Crippen LogP contribution in [0.2, 0.25) is 0 Å². The summed E-state index contributed by atoms with van der Waals surface area (Å²) >= 11 is 0. The van der Waals surface area contributed by atoms with Crippen LogP contribution < -0.4 is 19.9 Å². The van der Waals surface area contributed by atoms with E-state index < -0.39 is 0 Å². The predicted molar refractivity (Wildman–Crippen MR) is 109 cm³/mol. The molecule has 0 saturated heterocycles. The Morgan fingerprint density at radius 3 is 2.44 bits per heavy atom. The minimum Gasteiger partial charge on any atom is -0.497 e. The van der Waals surface area contributed by atoms with E-state index in [1.165, 1.54) is 0 Å². The average molecular weight is 369 g/mol. The highest BCUT2D eigenvalue weighted by atomic mass is 16.5. The molecule has 27 heavy (non-hydrogen) atoms. The van der Waals surface area contributed by atoms with E-state index in [9.17, 15) is 4.79 Å². The van der Waals surface area contributed by atoms with E-state index in [0.29, 0.717) is 47.1 Å². The van der Waals surface area contributed by atoms with Gasteiger partial charge in [0.25, 0.3) is 0 Å². The van der Waals surface area contributed by atoms with Crippen molar-refractivity contribution < 1.29 is 19.0 Å². The highest BCUT2D eigenvalue weighted by Gasteiger charge is 2.15. The third-order valence-corrected chi connectivity index (χ3v) is 4.15. The van der Waals surface area contributed by atoms with Gasteiger partial charge in [0.15, 0.2) is 5.78 Å². The van der Waals surface area contributed by atoms with Gasteiger partial charge in [0, 0.05) is 16.7 Å². The van der Waals surface area contributed by atoms with E-state index >= 15 is 0 Å². The summed E-state index contributed by atoms with van der Waals surface area (Å²) in [5, 5.41) is 0. The van der Waals surface area contributed by atoms with Gasteiger partial charge < -0.3 is 19.9 Å². The van der Waals surface area contributed by atoms with Crippen LogP contribution in [-0.2, 0) is 0 Å². The fraction of sp³-hybridized carbons (Fsp3) is 0.318. The molecule has 0 heterocycles. The van der Waals surface area contributed by atoms with Crippen LogP contribution >= 0.6 is 0 Å². The zero-order valence-electron chi connectivity index (χ0n) is 16.4. The molecule has 0 amide bonds. The molecule has 0 unspecified atom stereocenters. The molecule has 0 saturated carbocycles. The zero-order valence-corrected chi connectivity index (χ0v) is 16.4. The van der Waals surface area contributed by atoms with Crippen molar-refractivity contribution in [2.24, 2.45) is 0 Å². The third kappa shape index (κ3) is 5.03. The van der Waals surface area contributed by atoms with E-state index in [1.807, 2.05) is 38.1 Å². The zero-order chi connectivity index (χ0) is 19.8. The van der Waals surface area contributed by atoms with Gasteiger partial charge in [-0.3, -0.25) is 4.79 Å². The van der Waals surface area contributed by atoms with Crippen molar-refractivity contribution in [1.29, 1.82) is 0 Å². The molecule has 0 aliphatic rings. The predicted octanol–water partition coefficient (Wildman–Crippen LogP) is 4.75. The van der Waals surface area contributed by atoms with Gasteiger partial charge in [0.05, 0.1) is 26.5 Å². The Morgan fingerprint density at radius 2 is 1.81 bits per heavy atom. The van der Waals surface area contributed by atoms with Crippen LogP contribution in [0.3, 0.4) is 0 Å². The van der Waals surface area contributed by atoms with Crippen LogP contribution in [0, 0.1) is 0 Å². The molecular formula is C22H27NO4. The summed E-state index contributed by atoms with van der Waals surface area (Å²) in [4.78, 5) is 13.1. The number of rotatable bonds is 9. The molecule has 2 aromatic rings. The number of ether oxygens (including phenoxy) is 3. The van der Waals surface area contributed by atoms with Crippen molar-refractivity contribution >= 4 is 17.5 Å². The van der Waals surface area contributed by atoms with Gasteiger partial charge in [-0.05, 0) is 55.8 Å². The van der Waals surface area contributed by atoms with E-state index in [4.69, 9.17) is 19.9 Å². The number of nitrogen functional groups attached to an aromatic ring is 1. The van der Waals surface area contributed by atoms with Gasteiger partial charge in [-0.25, -0.2) is 0 Å². The smallest absolute Gasteiger partial charge is 0.189 e. The summed E-state index contributed by atoms with van der Waals surface area (Å²) in [6, 6.07) is 10.6. The molecule has 0 fully saturated rings. The van der Waals surface area contributed by atoms with E-state index in [0.717, 1.165) is 12.0 Å². The maximum absolute atomic E-state index is 13.1. The average Bonchev–Trinajstić information content (AvgIpc) is 2.68. The SMILES string of the molecule is CCCC(=Cc1cc(OC)ccc1OC)C(=O)c1ccc(N)c(OCC)c1. The summed E-state index contributed by atoms with van der Waals surface area (Å²) in [5.41, 5.74) is 8.48. The molecule has 5 heteroatoms. The number of benzene rings is 2. The normalized spacial score (nSPS) is 11.2. The van der Waals surface area contributed by atoms with Crippen molar-refractivity contribution in [3.8, 4) is 17.2 Å². The minimum atomic E-state index is -0.0531. The van der Waals surface area contributed by atoms with Gasteiger partial charge in [0.1, 0.15) is 17.2 Å². The minimum absolute atomic E-state index is 0.0531. The number of Topliss-reactive ketones (excluding diaryl/α,β-unsaturated/α-hetero) is 1. The van der Waals surface area contributed by atoms with Crippen molar-refractivity contribution in [2.75, 3.05) is 26.6 Å². The Hall–Kier alpha value is -2.95. The Balaban J connectivity index is 2.46. The van der Waals surface area contributed by atoms with Crippen LogP contribution in [0.4, 0.5) is 5.69 Å². The standard InChI is InChI=1S/C22H27NO4/c1-5-7-15(12-17-13-18(25-3)9-11-20(17)26-4)22(24)16-8-10-19(23)21(14-16)27-6-2/h8-14H,5-7,23H2,1-4H3. The molecular weight excluding hydrogens is 342 g/mol. The Bertz CT molecular complexity index is 827. The molecule has 144 valence electrons. The Labute approximate surface area is 160 Å².